The van der Waals surface area contributed by atoms with Gasteiger partial charge in [0.1, 0.15) is 66.5 Å². The molecule has 2 unspecified atom stereocenters. The van der Waals surface area contributed by atoms with Crippen molar-refractivity contribution in [2.75, 3.05) is 55.4 Å². The topological polar surface area (TPSA) is 308 Å². The molecule has 2 aliphatic heterocycles. The summed E-state index contributed by atoms with van der Waals surface area (Å²) in [4.78, 5) is 171. The fraction of sp³-hybridized carbons (Fsp3) is 0.769. The number of nitrogens with zero attached hydrogens (tertiary/aromatic N) is 7. The molecule has 6 N–H and O–H groups in total. The summed E-state index contributed by atoms with van der Waals surface area (Å²) in [6.07, 6.45) is 1.44. The summed E-state index contributed by atoms with van der Waals surface area (Å²) < 4.78 is 5.96. The van der Waals surface area contributed by atoms with E-state index in [1.54, 1.807) is 60.6 Å². The van der Waals surface area contributed by atoms with Crippen molar-refractivity contribution in [3.8, 4) is 0 Å². The van der Waals surface area contributed by atoms with Crippen LogP contribution >= 0.6 is 0 Å². The first-order valence-corrected chi connectivity index (χ1v) is 32.1. The molecule has 2 fully saturated rings. The number of rotatable bonds is 17. The van der Waals surface area contributed by atoms with E-state index < -0.39 is 168 Å². The molecule has 25 nitrogen and oxygen atoms in total. The van der Waals surface area contributed by atoms with E-state index in [1.807, 2.05) is 41.5 Å². The molecule has 0 bridgehead atoms. The molecule has 0 radical (unpaired) electrons. The van der Waals surface area contributed by atoms with Gasteiger partial charge >= 0.3 is 0 Å². The number of aliphatic hydroxyl groups is 2. The number of likely N-dealkylation sites (N-methyl/N-ethyl adjacent to an activating group) is 6. The van der Waals surface area contributed by atoms with Gasteiger partial charge in [0.2, 0.25) is 65.0 Å². The molecule has 90 heavy (non-hydrogen) atoms. The molecule has 0 aliphatic carbocycles. The number of ether oxygens (including phenoxy) is 1. The highest BCUT2D eigenvalue weighted by Crippen LogP contribution is 2.28. The van der Waals surface area contributed by atoms with Crippen molar-refractivity contribution in [1.82, 2.24) is 55.6 Å². The van der Waals surface area contributed by atoms with Crippen LogP contribution in [0.25, 0.3) is 0 Å². The summed E-state index contributed by atoms with van der Waals surface area (Å²) in [5, 5.41) is 34.3. The van der Waals surface area contributed by atoms with Gasteiger partial charge < -0.3 is 70.5 Å². The highest BCUT2D eigenvalue weighted by Gasteiger charge is 2.49. The molecule has 2 rings (SSSR count). The predicted molar refractivity (Wildman–Crippen MR) is 343 cm³/mol. The fourth-order valence-electron chi connectivity index (χ4n) is 11.8. The van der Waals surface area contributed by atoms with Crippen LogP contribution in [0.5, 0.6) is 0 Å². The van der Waals surface area contributed by atoms with Gasteiger partial charge in [-0.2, -0.15) is 0 Å². The van der Waals surface area contributed by atoms with Gasteiger partial charge in [0.05, 0.1) is 24.9 Å². The number of carbonyl (C=O) groups is 11. The van der Waals surface area contributed by atoms with Gasteiger partial charge in [0, 0.05) is 55.3 Å². The number of amides is 11. The van der Waals surface area contributed by atoms with Crippen LogP contribution in [0.1, 0.15) is 149 Å². The van der Waals surface area contributed by atoms with Crippen molar-refractivity contribution in [3.63, 3.8) is 0 Å². The molecular weight excluding hydrogens is 1160 g/mol. The molecule has 0 aromatic carbocycles. The quantitative estimate of drug-likeness (QED) is 0.114. The molecular formula is C65H113N11O14. The molecule has 11 amide bonds. The van der Waals surface area contributed by atoms with Crippen molar-refractivity contribution in [2.24, 2.45) is 35.5 Å². The van der Waals surface area contributed by atoms with E-state index in [0.717, 1.165) is 14.7 Å². The predicted octanol–water partition coefficient (Wildman–Crippen LogP) is 2.32. The van der Waals surface area contributed by atoms with E-state index in [0.29, 0.717) is 0 Å². The smallest absolute Gasteiger partial charge is 0.246 e. The Hall–Kier alpha value is -6.47. The number of fused-ring (bicyclic) bond motifs is 1. The van der Waals surface area contributed by atoms with Crippen molar-refractivity contribution >= 4 is 65.0 Å². The molecule has 0 spiro atoms. The number of aliphatic hydroxyl groups excluding tert-OH is 2. The lowest BCUT2D eigenvalue weighted by Gasteiger charge is -2.41. The molecule has 2 aliphatic rings. The summed E-state index contributed by atoms with van der Waals surface area (Å²) >= 11 is 0. The molecule has 15 atom stereocenters. The lowest BCUT2D eigenvalue weighted by molar-refractivity contribution is -0.157. The standard InChI is InChI=1S/C65H113N11O14/c1-24-27-28-40(14)54(78)53-58(82)68-45(26-3)60(84)76-34-44(77)33-49(76)63(87)74(22)52(43(17)90-29-25-2)57(81)69-50(38(10)11)64(88)70(18)46(30-35(4)5)56(80)66-41(15)55(79)67-42(16)59(83)71(19)47(31-36(6)7)61(85)72(20)48(32-37(8)9)62(86)73(21)51(39(12)13)65(89)75(53)23/h24-25,27,35-54,77-78H,2,26,28-34H2,1,3-23H3,(H,66,80)(H,67,79)(H,68,82)(H,69,81)/b27-24+/t40-,41+,42-,43-,44?,45+,46+,47+,48+,49-,50+,51+,52?,53+,54-/m1/s1. The zero-order chi connectivity index (χ0) is 69.3. The molecule has 0 saturated carbocycles. The zero-order valence-electron chi connectivity index (χ0n) is 58.1. The third-order valence-corrected chi connectivity index (χ3v) is 17.3. The Balaban J connectivity index is 3.08. The second kappa shape index (κ2) is 36.0. The molecule has 0 aromatic heterocycles. The fourth-order valence-corrected chi connectivity index (χ4v) is 11.8. The van der Waals surface area contributed by atoms with Gasteiger partial charge in [-0.25, -0.2) is 0 Å². The van der Waals surface area contributed by atoms with Crippen LogP contribution in [0.4, 0.5) is 0 Å². The lowest BCUT2D eigenvalue weighted by Crippen LogP contribution is -2.64. The van der Waals surface area contributed by atoms with Gasteiger partial charge in [-0.1, -0.05) is 101 Å². The van der Waals surface area contributed by atoms with E-state index in [9.17, 15) is 43.8 Å². The first-order valence-electron chi connectivity index (χ1n) is 32.1. The van der Waals surface area contributed by atoms with Crippen LogP contribution in [-0.2, 0) is 57.5 Å². The van der Waals surface area contributed by atoms with E-state index in [2.05, 4.69) is 27.8 Å². The Labute approximate surface area is 536 Å². The van der Waals surface area contributed by atoms with E-state index in [1.165, 1.54) is 88.7 Å². The Kier molecular flexibility index (Phi) is 31.8. The summed E-state index contributed by atoms with van der Waals surface area (Å²) in [7, 11) is 8.35. The minimum atomic E-state index is -1.68. The third-order valence-electron chi connectivity index (χ3n) is 17.3. The Morgan fingerprint density at radius 1 is 0.544 bits per heavy atom. The SMILES string of the molecule is C=CCO[C@H](C)C1C(=O)N[C@@H](C(C)C)C(=O)N(C)[C@@H](CC(C)C)C(=O)N[C@@H](C)C(=O)N[C@H](C)C(=O)N(C)[C@@H](CC(C)C)C(=O)N(C)[C@@H](CC(C)C)C(=O)N(C)[C@@H](C(C)C)C(=O)N(C)[C@@H]([C@H](O)[C@H](C)C/C=C/C)C(=O)N[C@@H](CC)C(=O)N2CC(O)C[C@@H]2C(=O)N1C. The maximum Gasteiger partial charge on any atom is 0.246 e. The van der Waals surface area contributed by atoms with Crippen LogP contribution in [0.3, 0.4) is 0 Å². The maximum absolute atomic E-state index is 15.3. The number of carbonyl (C=O) groups excluding carboxylic acids is 11. The minimum Gasteiger partial charge on any atom is -0.391 e. The summed E-state index contributed by atoms with van der Waals surface area (Å²) in [6, 6.07) is -14.6. The molecule has 25 heteroatoms. The van der Waals surface area contributed by atoms with E-state index in [4.69, 9.17) is 4.74 Å². The van der Waals surface area contributed by atoms with Crippen LogP contribution in [0, 0.1) is 35.5 Å². The maximum atomic E-state index is 15.3. The highest BCUT2D eigenvalue weighted by atomic mass is 16.5. The zero-order valence-corrected chi connectivity index (χ0v) is 58.1. The second-order valence-corrected chi connectivity index (χ2v) is 26.9. The van der Waals surface area contributed by atoms with Gasteiger partial charge in [0.15, 0.2) is 0 Å². The summed E-state index contributed by atoms with van der Waals surface area (Å²) in [6.45, 7) is 30.7. The van der Waals surface area contributed by atoms with Crippen LogP contribution in [0.2, 0.25) is 0 Å². The first kappa shape index (κ1) is 79.6. The number of hydrogen-bond donors (Lipinski definition) is 6. The lowest BCUT2D eigenvalue weighted by atomic mass is 9.91. The Bertz CT molecular complexity index is 2530. The van der Waals surface area contributed by atoms with E-state index >= 15 is 19.2 Å². The van der Waals surface area contributed by atoms with Crippen molar-refractivity contribution in [1.29, 1.82) is 0 Å². The van der Waals surface area contributed by atoms with Crippen molar-refractivity contribution < 1.29 is 67.7 Å². The number of nitrogens with one attached hydrogen (secondary N) is 4. The van der Waals surface area contributed by atoms with Crippen molar-refractivity contribution in [3.05, 3.63) is 24.8 Å². The van der Waals surface area contributed by atoms with Gasteiger partial charge in [-0.3, -0.25) is 52.7 Å². The molecule has 0 aromatic rings. The molecule has 2 heterocycles. The molecule has 2 saturated heterocycles. The Morgan fingerprint density at radius 2 is 1.01 bits per heavy atom. The van der Waals surface area contributed by atoms with Crippen LogP contribution in [-0.4, -0.2) is 250 Å². The minimum absolute atomic E-state index is 0.0603. The van der Waals surface area contributed by atoms with Gasteiger partial charge in [-0.05, 0) is 95.3 Å². The normalized spacial score (nSPS) is 28.6. The number of allylic oxidation sites excluding steroid dienone is 2. The highest BCUT2D eigenvalue weighted by molar-refractivity contribution is 6.00. The number of hydrogen-bond acceptors (Lipinski definition) is 14. The van der Waals surface area contributed by atoms with Crippen LogP contribution in [0.15, 0.2) is 24.8 Å². The van der Waals surface area contributed by atoms with Gasteiger partial charge in [0.25, 0.3) is 0 Å². The average molecular weight is 1270 g/mol. The summed E-state index contributed by atoms with van der Waals surface area (Å²) in [5.74, 6) is -10.6. The monoisotopic (exact) mass is 1270 g/mol. The average Bonchev–Trinajstić information content (AvgIpc) is 1.31. The first-order chi connectivity index (χ1) is 41.7. The Morgan fingerprint density at radius 3 is 1.50 bits per heavy atom. The third kappa shape index (κ3) is 20.8. The van der Waals surface area contributed by atoms with Crippen LogP contribution < -0.4 is 21.3 Å². The largest absolute Gasteiger partial charge is 0.391 e. The second-order valence-electron chi connectivity index (χ2n) is 26.9. The van der Waals surface area contributed by atoms with Crippen molar-refractivity contribution in [2.45, 2.75) is 234 Å². The van der Waals surface area contributed by atoms with E-state index in [-0.39, 0.29) is 69.4 Å². The summed E-state index contributed by atoms with van der Waals surface area (Å²) in [5.41, 5.74) is 0. The molecule has 512 valence electrons. The van der Waals surface area contributed by atoms with Gasteiger partial charge in [-0.15, -0.1) is 6.58 Å².